The second kappa shape index (κ2) is 11.7. The molecule has 1 aliphatic heterocycles. The largest absolute Gasteiger partial charge is 0.353 e. The predicted octanol–water partition coefficient (Wildman–Crippen LogP) is 4.30. The molecule has 5 amide bonds. The zero-order chi connectivity index (χ0) is 22.9. The number of hydrogen-bond donors (Lipinski definition) is 4. The van der Waals surface area contributed by atoms with E-state index >= 15 is 0 Å². The van der Waals surface area contributed by atoms with Crippen LogP contribution < -0.4 is 21.3 Å². The van der Waals surface area contributed by atoms with Crippen LogP contribution in [0.15, 0.2) is 24.3 Å². The Kier molecular flexibility index (Phi) is 8.76. The third kappa shape index (κ3) is 7.14. The molecular formula is C24H37N5O3. The van der Waals surface area contributed by atoms with Crippen LogP contribution in [0.4, 0.5) is 21.0 Å². The van der Waals surface area contributed by atoms with E-state index in [1.165, 1.54) is 19.3 Å². The van der Waals surface area contributed by atoms with Crippen LogP contribution in [0.2, 0.25) is 0 Å². The first-order chi connectivity index (χ1) is 15.4. The summed E-state index contributed by atoms with van der Waals surface area (Å²) in [6, 6.07) is 7.20. The topological polar surface area (TPSA) is 103 Å². The van der Waals surface area contributed by atoms with Gasteiger partial charge < -0.3 is 26.2 Å². The highest BCUT2D eigenvalue weighted by molar-refractivity contribution is 5.92. The minimum absolute atomic E-state index is 0.0295. The van der Waals surface area contributed by atoms with Gasteiger partial charge in [-0.05, 0) is 63.3 Å². The zero-order valence-corrected chi connectivity index (χ0v) is 19.3. The highest BCUT2D eigenvalue weighted by atomic mass is 16.2. The predicted molar refractivity (Wildman–Crippen MR) is 127 cm³/mol. The van der Waals surface area contributed by atoms with E-state index in [9.17, 15) is 14.4 Å². The fourth-order valence-corrected chi connectivity index (χ4v) is 4.25. The monoisotopic (exact) mass is 443 g/mol. The molecule has 176 valence electrons. The molecule has 1 aliphatic carbocycles. The fraction of sp³-hybridized carbons (Fsp3) is 0.625. The molecule has 1 unspecified atom stereocenters. The summed E-state index contributed by atoms with van der Waals surface area (Å²) in [4.78, 5) is 38.8. The van der Waals surface area contributed by atoms with E-state index in [0.717, 1.165) is 19.3 Å². The number of carbonyl (C=O) groups excluding carboxylic acids is 3. The van der Waals surface area contributed by atoms with Gasteiger partial charge in [-0.2, -0.15) is 0 Å². The van der Waals surface area contributed by atoms with Crippen molar-refractivity contribution in [2.45, 2.75) is 77.3 Å². The lowest BCUT2D eigenvalue weighted by molar-refractivity contribution is -0.126. The third-order valence-corrected chi connectivity index (χ3v) is 6.49. The average molecular weight is 444 g/mol. The highest BCUT2D eigenvalue weighted by Crippen LogP contribution is 2.20. The van der Waals surface area contributed by atoms with E-state index in [1.54, 1.807) is 29.2 Å². The van der Waals surface area contributed by atoms with Crippen molar-refractivity contribution < 1.29 is 14.4 Å². The van der Waals surface area contributed by atoms with Crippen LogP contribution in [0.25, 0.3) is 0 Å². The minimum Gasteiger partial charge on any atom is -0.353 e. The number of nitrogens with one attached hydrogen (secondary N) is 4. The quantitative estimate of drug-likeness (QED) is 0.527. The van der Waals surface area contributed by atoms with E-state index in [2.05, 4.69) is 21.3 Å². The van der Waals surface area contributed by atoms with Gasteiger partial charge in [0, 0.05) is 42.5 Å². The lowest BCUT2D eigenvalue weighted by Crippen LogP contribution is -2.45. The Morgan fingerprint density at radius 1 is 0.938 bits per heavy atom. The van der Waals surface area contributed by atoms with Crippen molar-refractivity contribution in [1.82, 2.24) is 15.5 Å². The number of nitrogens with zero attached hydrogens (tertiary/aromatic N) is 1. The Bertz CT molecular complexity index is 768. The van der Waals surface area contributed by atoms with E-state index < -0.39 is 0 Å². The number of rotatable bonds is 6. The first kappa shape index (κ1) is 23.9. The molecule has 3 rings (SSSR count). The van der Waals surface area contributed by atoms with Crippen LogP contribution in [0.1, 0.15) is 65.2 Å². The minimum atomic E-state index is -0.186. The number of urea groups is 2. The third-order valence-electron chi connectivity index (χ3n) is 6.49. The maximum absolute atomic E-state index is 12.6. The van der Waals surface area contributed by atoms with E-state index in [-0.39, 0.29) is 36.0 Å². The molecule has 32 heavy (non-hydrogen) atoms. The van der Waals surface area contributed by atoms with Crippen molar-refractivity contribution in [2.24, 2.45) is 5.92 Å². The summed E-state index contributed by atoms with van der Waals surface area (Å²) in [6.07, 6.45) is 7.93. The summed E-state index contributed by atoms with van der Waals surface area (Å²) >= 11 is 0. The van der Waals surface area contributed by atoms with Gasteiger partial charge in [-0.25, -0.2) is 9.59 Å². The van der Waals surface area contributed by atoms with E-state index in [1.807, 2.05) is 13.8 Å². The molecule has 0 aromatic heterocycles. The lowest BCUT2D eigenvalue weighted by Gasteiger charge is -2.32. The van der Waals surface area contributed by atoms with Crippen molar-refractivity contribution in [3.8, 4) is 0 Å². The van der Waals surface area contributed by atoms with Gasteiger partial charge in [0.05, 0.1) is 0 Å². The number of hydrogen-bond acceptors (Lipinski definition) is 3. The molecule has 4 N–H and O–H groups in total. The number of likely N-dealkylation sites (tertiary alicyclic amines) is 1. The maximum Gasteiger partial charge on any atom is 0.321 e. The summed E-state index contributed by atoms with van der Waals surface area (Å²) in [5.74, 6) is 0.0631. The molecule has 1 aromatic rings. The Labute approximate surface area is 190 Å². The van der Waals surface area contributed by atoms with Gasteiger partial charge in [0.15, 0.2) is 0 Å². The first-order valence-corrected chi connectivity index (χ1v) is 12.0. The second-order valence-corrected chi connectivity index (χ2v) is 9.02. The number of benzene rings is 1. The summed E-state index contributed by atoms with van der Waals surface area (Å²) < 4.78 is 0. The molecule has 1 aromatic carbocycles. The molecule has 1 saturated carbocycles. The molecule has 2 aliphatic rings. The summed E-state index contributed by atoms with van der Waals surface area (Å²) in [6.45, 7) is 5.17. The maximum atomic E-state index is 12.6. The molecule has 2 fully saturated rings. The SMILES string of the molecule is CCC(C)NC(=O)C1CCN(C(=O)Nc2ccc(NC(=O)NC3CCCCC3)cc2)CC1. The Balaban J connectivity index is 1.41. The van der Waals surface area contributed by atoms with Gasteiger partial charge in [0.25, 0.3) is 0 Å². The molecule has 1 heterocycles. The molecule has 1 saturated heterocycles. The van der Waals surface area contributed by atoms with Crippen LogP contribution in [0.5, 0.6) is 0 Å². The van der Waals surface area contributed by atoms with Crippen molar-refractivity contribution >= 4 is 29.3 Å². The summed E-state index contributed by atoms with van der Waals surface area (Å²) in [5.41, 5.74) is 1.36. The second-order valence-electron chi connectivity index (χ2n) is 9.02. The summed E-state index contributed by atoms with van der Waals surface area (Å²) in [7, 11) is 0. The molecule has 1 atom stereocenters. The van der Waals surface area contributed by atoms with E-state index in [0.29, 0.717) is 37.3 Å². The van der Waals surface area contributed by atoms with Gasteiger partial charge in [-0.3, -0.25) is 4.79 Å². The fourth-order valence-electron chi connectivity index (χ4n) is 4.25. The van der Waals surface area contributed by atoms with Gasteiger partial charge in [-0.1, -0.05) is 26.2 Å². The van der Waals surface area contributed by atoms with Crippen molar-refractivity contribution in [2.75, 3.05) is 23.7 Å². The number of anilines is 2. The van der Waals surface area contributed by atoms with Crippen LogP contribution in [-0.2, 0) is 4.79 Å². The highest BCUT2D eigenvalue weighted by Gasteiger charge is 2.27. The van der Waals surface area contributed by atoms with Crippen LogP contribution >= 0.6 is 0 Å². The van der Waals surface area contributed by atoms with Crippen LogP contribution in [-0.4, -0.2) is 48.0 Å². The average Bonchev–Trinajstić information content (AvgIpc) is 2.81. The number of carbonyl (C=O) groups is 3. The van der Waals surface area contributed by atoms with Gasteiger partial charge >= 0.3 is 12.1 Å². The Morgan fingerprint density at radius 3 is 2.12 bits per heavy atom. The Morgan fingerprint density at radius 2 is 1.53 bits per heavy atom. The molecule has 0 bridgehead atoms. The smallest absolute Gasteiger partial charge is 0.321 e. The molecular weight excluding hydrogens is 406 g/mol. The zero-order valence-electron chi connectivity index (χ0n) is 19.3. The normalized spacial score (nSPS) is 18.5. The van der Waals surface area contributed by atoms with Gasteiger partial charge in [0.1, 0.15) is 0 Å². The first-order valence-electron chi connectivity index (χ1n) is 12.0. The number of amides is 5. The molecule has 0 spiro atoms. The lowest BCUT2D eigenvalue weighted by atomic mass is 9.95. The molecule has 0 radical (unpaired) electrons. The molecule has 8 heteroatoms. The van der Waals surface area contributed by atoms with Crippen LogP contribution in [0.3, 0.4) is 0 Å². The van der Waals surface area contributed by atoms with Crippen LogP contribution in [0, 0.1) is 5.92 Å². The van der Waals surface area contributed by atoms with Gasteiger partial charge in [0.2, 0.25) is 5.91 Å². The van der Waals surface area contributed by atoms with E-state index in [4.69, 9.17) is 0 Å². The standard InChI is InChI=1S/C24H37N5O3/c1-3-17(2)25-22(30)18-13-15-29(16-14-18)24(32)28-21-11-9-20(10-12-21)27-23(31)26-19-7-5-4-6-8-19/h9-12,17-19H,3-8,13-16H2,1-2H3,(H,25,30)(H,28,32)(H2,26,27,31). The number of piperidine rings is 1. The van der Waals surface area contributed by atoms with Crippen molar-refractivity contribution in [3.05, 3.63) is 24.3 Å². The van der Waals surface area contributed by atoms with Crippen molar-refractivity contribution in [1.29, 1.82) is 0 Å². The summed E-state index contributed by atoms with van der Waals surface area (Å²) in [5, 5.41) is 11.8. The van der Waals surface area contributed by atoms with Gasteiger partial charge in [-0.15, -0.1) is 0 Å². The van der Waals surface area contributed by atoms with Crippen molar-refractivity contribution in [3.63, 3.8) is 0 Å². The molecule has 8 nitrogen and oxygen atoms in total. The Hall–Kier alpha value is -2.77.